The van der Waals surface area contributed by atoms with E-state index in [-0.39, 0.29) is 5.91 Å². The van der Waals surface area contributed by atoms with E-state index in [1.54, 1.807) is 7.11 Å². The van der Waals surface area contributed by atoms with Gasteiger partial charge >= 0.3 is 0 Å². The molecule has 0 bridgehead atoms. The van der Waals surface area contributed by atoms with Gasteiger partial charge in [0.15, 0.2) is 11.0 Å². The quantitative estimate of drug-likeness (QED) is 0.509. The fraction of sp³-hybridized carbons (Fsp3) is 0.632. The largest absolute Gasteiger partial charge is 0.385 e. The number of fused-ring (bicyclic) bond motifs is 1. The van der Waals surface area contributed by atoms with Gasteiger partial charge in [-0.15, -0.1) is 21.5 Å². The van der Waals surface area contributed by atoms with Crippen molar-refractivity contribution in [2.75, 3.05) is 26.0 Å². The van der Waals surface area contributed by atoms with Gasteiger partial charge in [0.05, 0.1) is 10.6 Å². The molecule has 1 atom stereocenters. The summed E-state index contributed by atoms with van der Waals surface area (Å²) in [6.45, 7) is 3.57. The molecule has 0 radical (unpaired) electrons. The Morgan fingerprint density at radius 3 is 3.11 bits per heavy atom. The summed E-state index contributed by atoms with van der Waals surface area (Å²) in [4.78, 5) is 14.6. The van der Waals surface area contributed by atoms with Gasteiger partial charge in [0, 0.05) is 32.2 Å². The van der Waals surface area contributed by atoms with Crippen molar-refractivity contribution >= 4 is 29.0 Å². The minimum atomic E-state index is 0.0119. The Morgan fingerprint density at radius 2 is 2.33 bits per heavy atom. The maximum atomic E-state index is 11.9. The van der Waals surface area contributed by atoms with Crippen molar-refractivity contribution in [3.63, 3.8) is 0 Å². The molecule has 0 fully saturated rings. The Kier molecular flexibility index (Phi) is 7.32. The molecule has 1 aliphatic rings. The van der Waals surface area contributed by atoms with Crippen LogP contribution in [0.1, 0.15) is 36.6 Å². The second-order valence-electron chi connectivity index (χ2n) is 6.93. The summed E-state index contributed by atoms with van der Waals surface area (Å²) in [7, 11) is 3.64. The number of carbonyl (C=O) groups is 1. The average Bonchev–Trinajstić information content (AvgIpc) is 3.25. The zero-order chi connectivity index (χ0) is 19.2. The third kappa shape index (κ3) is 5.12. The standard InChI is InChI=1S/C19H28N4O2S2/c1-4-13-6-7-15-14(10-13)11-16(27-15)18-21-22-19(23(18)2)26-12-17(24)20-8-5-9-25-3/h11,13H,4-10,12H2,1-3H3,(H,20,24). The summed E-state index contributed by atoms with van der Waals surface area (Å²) in [5.74, 6) is 2.06. The number of aromatic nitrogens is 3. The van der Waals surface area contributed by atoms with Crippen LogP contribution < -0.4 is 5.32 Å². The fourth-order valence-electron chi connectivity index (χ4n) is 3.34. The minimum absolute atomic E-state index is 0.0119. The molecule has 8 heteroatoms. The van der Waals surface area contributed by atoms with E-state index in [4.69, 9.17) is 4.74 Å². The lowest BCUT2D eigenvalue weighted by Gasteiger charge is -2.19. The number of hydrogen-bond acceptors (Lipinski definition) is 6. The van der Waals surface area contributed by atoms with Crippen LogP contribution in [0.3, 0.4) is 0 Å². The van der Waals surface area contributed by atoms with E-state index in [9.17, 15) is 4.79 Å². The molecule has 0 saturated carbocycles. The first-order valence-corrected chi connectivity index (χ1v) is 11.3. The van der Waals surface area contributed by atoms with Gasteiger partial charge in [0.1, 0.15) is 0 Å². The van der Waals surface area contributed by atoms with Crippen LogP contribution in [0.25, 0.3) is 10.7 Å². The highest BCUT2D eigenvalue weighted by Crippen LogP contribution is 2.37. The maximum Gasteiger partial charge on any atom is 0.230 e. The number of aryl methyl sites for hydroxylation is 1. The SMILES string of the molecule is CCC1CCc2sc(-c3nnc(SCC(=O)NCCCOC)n3C)cc2C1. The molecule has 0 spiro atoms. The molecule has 148 valence electrons. The van der Waals surface area contributed by atoms with Crippen molar-refractivity contribution in [2.45, 2.75) is 44.2 Å². The highest BCUT2D eigenvalue weighted by Gasteiger charge is 2.22. The smallest absolute Gasteiger partial charge is 0.230 e. The Labute approximate surface area is 169 Å². The molecule has 1 aliphatic carbocycles. The van der Waals surface area contributed by atoms with Gasteiger partial charge < -0.3 is 14.6 Å². The first-order chi connectivity index (χ1) is 13.1. The molecule has 0 aliphatic heterocycles. The number of nitrogens with one attached hydrogen (secondary N) is 1. The van der Waals surface area contributed by atoms with E-state index in [0.717, 1.165) is 23.3 Å². The van der Waals surface area contributed by atoms with Gasteiger partial charge in [-0.3, -0.25) is 4.79 Å². The predicted molar refractivity (Wildman–Crippen MR) is 110 cm³/mol. The highest BCUT2D eigenvalue weighted by atomic mass is 32.2. The second-order valence-corrected chi connectivity index (χ2v) is 9.01. The van der Waals surface area contributed by atoms with Crippen molar-refractivity contribution in [3.05, 3.63) is 16.5 Å². The Morgan fingerprint density at radius 1 is 1.48 bits per heavy atom. The monoisotopic (exact) mass is 408 g/mol. The first kappa shape index (κ1) is 20.4. The van der Waals surface area contributed by atoms with Crippen molar-refractivity contribution in [3.8, 4) is 10.7 Å². The van der Waals surface area contributed by atoms with Crippen LogP contribution >= 0.6 is 23.1 Å². The number of methoxy groups -OCH3 is 1. The fourth-order valence-corrected chi connectivity index (χ4v) is 5.31. The van der Waals surface area contributed by atoms with Gasteiger partial charge in [-0.05, 0) is 43.2 Å². The van der Waals surface area contributed by atoms with Gasteiger partial charge in [-0.25, -0.2) is 0 Å². The first-order valence-electron chi connectivity index (χ1n) is 9.52. The average molecular weight is 409 g/mol. The lowest BCUT2D eigenvalue weighted by Crippen LogP contribution is -2.26. The third-order valence-electron chi connectivity index (χ3n) is 5.00. The summed E-state index contributed by atoms with van der Waals surface area (Å²) >= 11 is 3.27. The van der Waals surface area contributed by atoms with Crippen LogP contribution in [0, 0.1) is 5.92 Å². The number of hydrogen-bond donors (Lipinski definition) is 1. The minimum Gasteiger partial charge on any atom is -0.385 e. The van der Waals surface area contributed by atoms with E-state index in [2.05, 4.69) is 28.5 Å². The summed E-state index contributed by atoms with van der Waals surface area (Å²) < 4.78 is 6.98. The van der Waals surface area contributed by atoms with Crippen molar-refractivity contribution in [1.29, 1.82) is 0 Å². The topological polar surface area (TPSA) is 69.0 Å². The molecular formula is C19H28N4O2S2. The lowest BCUT2D eigenvalue weighted by atomic mass is 9.87. The normalized spacial score (nSPS) is 16.3. The van der Waals surface area contributed by atoms with E-state index in [0.29, 0.717) is 18.9 Å². The molecule has 27 heavy (non-hydrogen) atoms. The predicted octanol–water partition coefficient (Wildman–Crippen LogP) is 3.30. The van der Waals surface area contributed by atoms with Crippen molar-refractivity contribution in [1.82, 2.24) is 20.1 Å². The lowest BCUT2D eigenvalue weighted by molar-refractivity contribution is -0.118. The summed E-state index contributed by atoms with van der Waals surface area (Å²) in [6.07, 6.45) is 5.74. The molecule has 0 aromatic carbocycles. The number of ether oxygens (including phenoxy) is 1. The number of carbonyl (C=O) groups excluding carboxylic acids is 1. The van der Waals surface area contributed by atoms with Crippen LogP contribution in [0.4, 0.5) is 0 Å². The van der Waals surface area contributed by atoms with Crippen LogP contribution in [-0.2, 0) is 29.4 Å². The number of nitrogens with zero attached hydrogens (tertiary/aromatic N) is 3. The molecule has 1 amide bonds. The van der Waals surface area contributed by atoms with Crippen molar-refractivity contribution in [2.24, 2.45) is 13.0 Å². The van der Waals surface area contributed by atoms with Crippen LogP contribution in [0.2, 0.25) is 0 Å². The summed E-state index contributed by atoms with van der Waals surface area (Å²) in [5, 5.41) is 12.3. The molecule has 6 nitrogen and oxygen atoms in total. The molecule has 2 heterocycles. The Balaban J connectivity index is 1.59. The van der Waals surface area contributed by atoms with E-state index in [1.807, 2.05) is 23.0 Å². The Bertz CT molecular complexity index is 772. The van der Waals surface area contributed by atoms with Gasteiger partial charge in [0.2, 0.25) is 5.91 Å². The highest BCUT2D eigenvalue weighted by molar-refractivity contribution is 7.99. The van der Waals surface area contributed by atoms with E-state index < -0.39 is 0 Å². The van der Waals surface area contributed by atoms with E-state index in [1.165, 1.54) is 52.8 Å². The van der Waals surface area contributed by atoms with Gasteiger partial charge in [-0.1, -0.05) is 25.1 Å². The van der Waals surface area contributed by atoms with E-state index >= 15 is 0 Å². The molecule has 0 saturated heterocycles. The van der Waals surface area contributed by atoms with Crippen molar-refractivity contribution < 1.29 is 9.53 Å². The van der Waals surface area contributed by atoms with Crippen LogP contribution in [0.15, 0.2) is 11.2 Å². The number of rotatable bonds is 9. The summed E-state index contributed by atoms with van der Waals surface area (Å²) in [5.41, 5.74) is 1.49. The third-order valence-corrected chi connectivity index (χ3v) is 7.25. The summed E-state index contributed by atoms with van der Waals surface area (Å²) in [6, 6.07) is 2.29. The number of amides is 1. The Hall–Kier alpha value is -1.38. The van der Waals surface area contributed by atoms with Crippen LogP contribution in [0.5, 0.6) is 0 Å². The zero-order valence-electron chi connectivity index (χ0n) is 16.3. The number of thioether (sulfide) groups is 1. The molecule has 2 aromatic heterocycles. The second kappa shape index (κ2) is 9.71. The maximum absolute atomic E-state index is 11.9. The molecule has 1 unspecified atom stereocenters. The number of thiophene rings is 1. The van der Waals surface area contributed by atoms with Gasteiger partial charge in [-0.2, -0.15) is 0 Å². The molecule has 2 aromatic rings. The zero-order valence-corrected chi connectivity index (χ0v) is 17.9. The molecule has 1 N–H and O–H groups in total. The molecule has 3 rings (SSSR count). The van der Waals surface area contributed by atoms with Gasteiger partial charge in [0.25, 0.3) is 0 Å². The van der Waals surface area contributed by atoms with Crippen LogP contribution in [-0.4, -0.2) is 46.7 Å². The molecular weight excluding hydrogens is 380 g/mol.